The van der Waals surface area contributed by atoms with Crippen LogP contribution in [0.3, 0.4) is 0 Å². The number of aliphatic carboxylic acids is 1. The minimum atomic E-state index is -1.05. The smallest absolute Gasteiger partial charge is 0.329 e. The van der Waals surface area contributed by atoms with Crippen molar-refractivity contribution in [2.24, 2.45) is 11.8 Å². The maximum atomic E-state index is 12.0. The number of hydrogen-bond donors (Lipinski definition) is 2. The molecule has 0 heterocycles. The lowest BCUT2D eigenvalue weighted by molar-refractivity contribution is -0.147. The largest absolute Gasteiger partial charge is 0.480 e. The summed E-state index contributed by atoms with van der Waals surface area (Å²) in [5, 5.41) is 12.1. The summed E-state index contributed by atoms with van der Waals surface area (Å²) in [6.45, 7) is 1.64. The van der Waals surface area contributed by atoms with Crippen LogP contribution in [-0.2, 0) is 9.59 Å². The van der Waals surface area contributed by atoms with E-state index in [4.69, 9.17) is 0 Å². The molecule has 114 valence electrons. The first kappa shape index (κ1) is 15.3. The number of hydrogen-bond acceptors (Lipinski definition) is 2. The first-order valence-corrected chi connectivity index (χ1v) is 8.07. The van der Waals surface area contributed by atoms with Gasteiger partial charge in [-0.25, -0.2) is 4.79 Å². The maximum absolute atomic E-state index is 12.0. The predicted molar refractivity (Wildman–Crippen MR) is 77.3 cm³/mol. The third-order valence-electron chi connectivity index (χ3n) is 4.98. The molecule has 2 N–H and O–H groups in total. The highest BCUT2D eigenvalue weighted by atomic mass is 16.4. The quantitative estimate of drug-likeness (QED) is 0.753. The van der Waals surface area contributed by atoms with E-state index < -0.39 is 11.5 Å². The summed E-state index contributed by atoms with van der Waals surface area (Å²) in [6.07, 6.45) is 10.9. The van der Waals surface area contributed by atoms with E-state index in [0.717, 1.165) is 31.6 Å². The van der Waals surface area contributed by atoms with Gasteiger partial charge in [0.15, 0.2) is 0 Å². The van der Waals surface area contributed by atoms with Crippen molar-refractivity contribution >= 4 is 11.9 Å². The summed E-state index contributed by atoms with van der Waals surface area (Å²) in [6, 6.07) is 0. The molecule has 1 unspecified atom stereocenters. The molecule has 1 atom stereocenters. The summed E-state index contributed by atoms with van der Waals surface area (Å²) in [5.41, 5.74) is -1.05. The van der Waals surface area contributed by atoms with Gasteiger partial charge < -0.3 is 10.4 Å². The van der Waals surface area contributed by atoms with Gasteiger partial charge in [0.2, 0.25) is 5.91 Å². The molecule has 2 aliphatic rings. The van der Waals surface area contributed by atoms with Crippen LogP contribution in [0.5, 0.6) is 0 Å². The van der Waals surface area contributed by atoms with E-state index in [1.54, 1.807) is 6.92 Å². The molecular weight excluding hydrogens is 254 g/mol. The van der Waals surface area contributed by atoms with Gasteiger partial charge in [-0.2, -0.15) is 0 Å². The minimum Gasteiger partial charge on any atom is -0.480 e. The summed E-state index contributed by atoms with van der Waals surface area (Å²) in [4.78, 5) is 23.3. The van der Waals surface area contributed by atoms with E-state index in [1.165, 1.54) is 32.1 Å². The fraction of sp³-hybridized carbons (Fsp3) is 0.875. The van der Waals surface area contributed by atoms with Crippen LogP contribution in [0.4, 0.5) is 0 Å². The van der Waals surface area contributed by atoms with Crippen molar-refractivity contribution in [1.29, 1.82) is 0 Å². The topological polar surface area (TPSA) is 66.4 Å². The molecule has 0 aromatic rings. The van der Waals surface area contributed by atoms with E-state index in [0.29, 0.717) is 6.42 Å². The molecule has 2 saturated carbocycles. The average Bonchev–Trinajstić information content (AvgIpc) is 3.24. The summed E-state index contributed by atoms with van der Waals surface area (Å²) >= 11 is 0. The molecule has 2 rings (SSSR count). The zero-order valence-corrected chi connectivity index (χ0v) is 12.5. The van der Waals surface area contributed by atoms with Crippen molar-refractivity contribution in [3.63, 3.8) is 0 Å². The molecule has 4 nitrogen and oxygen atoms in total. The Kier molecular flexibility index (Phi) is 5.06. The van der Waals surface area contributed by atoms with Gasteiger partial charge >= 0.3 is 5.97 Å². The highest BCUT2D eigenvalue weighted by Crippen LogP contribution is 2.39. The third-order valence-corrected chi connectivity index (χ3v) is 4.98. The SMILES string of the molecule is CC(NC(=O)CCCC1CCCCC1)(C(=O)O)C1CC1. The highest BCUT2D eigenvalue weighted by Gasteiger charge is 2.48. The predicted octanol–water partition coefficient (Wildman–Crippen LogP) is 3.11. The number of carbonyl (C=O) groups is 2. The third kappa shape index (κ3) is 3.97. The standard InChI is InChI=1S/C16H27NO3/c1-16(15(19)20,13-10-11-13)17-14(18)9-5-8-12-6-3-2-4-7-12/h12-13H,2-11H2,1H3,(H,17,18)(H,19,20). The molecule has 0 aromatic heterocycles. The van der Waals surface area contributed by atoms with Gasteiger partial charge in [0, 0.05) is 6.42 Å². The number of nitrogens with one attached hydrogen (secondary N) is 1. The Hall–Kier alpha value is -1.06. The Labute approximate surface area is 121 Å². The first-order valence-electron chi connectivity index (χ1n) is 8.07. The fourth-order valence-electron chi connectivity index (χ4n) is 3.37. The number of carboxylic acids is 1. The van der Waals surface area contributed by atoms with Gasteiger partial charge in [-0.1, -0.05) is 32.1 Å². The zero-order chi connectivity index (χ0) is 14.6. The lowest BCUT2D eigenvalue weighted by Gasteiger charge is -2.26. The molecule has 0 aliphatic heterocycles. The molecule has 2 fully saturated rings. The van der Waals surface area contributed by atoms with Gasteiger partial charge in [-0.3, -0.25) is 4.79 Å². The highest BCUT2D eigenvalue weighted by molar-refractivity contribution is 5.87. The van der Waals surface area contributed by atoms with E-state index in [-0.39, 0.29) is 11.8 Å². The monoisotopic (exact) mass is 281 g/mol. The van der Waals surface area contributed by atoms with Crippen molar-refractivity contribution in [3.05, 3.63) is 0 Å². The second-order valence-corrected chi connectivity index (χ2v) is 6.73. The maximum Gasteiger partial charge on any atom is 0.329 e. The molecular formula is C16H27NO3. The van der Waals surface area contributed by atoms with Crippen molar-refractivity contribution < 1.29 is 14.7 Å². The van der Waals surface area contributed by atoms with Crippen molar-refractivity contribution in [3.8, 4) is 0 Å². The molecule has 0 saturated heterocycles. The molecule has 1 amide bonds. The van der Waals surface area contributed by atoms with E-state index >= 15 is 0 Å². The van der Waals surface area contributed by atoms with Gasteiger partial charge in [-0.15, -0.1) is 0 Å². The number of amides is 1. The molecule has 20 heavy (non-hydrogen) atoms. The van der Waals surface area contributed by atoms with Crippen LogP contribution in [0.2, 0.25) is 0 Å². The van der Waals surface area contributed by atoms with Crippen molar-refractivity contribution in [1.82, 2.24) is 5.32 Å². The van der Waals surface area contributed by atoms with Crippen LogP contribution < -0.4 is 5.32 Å². The van der Waals surface area contributed by atoms with Gasteiger partial charge in [0.25, 0.3) is 0 Å². The minimum absolute atomic E-state index is 0.0994. The summed E-state index contributed by atoms with van der Waals surface area (Å²) in [5.74, 6) is -0.105. The lowest BCUT2D eigenvalue weighted by Crippen LogP contribution is -2.53. The summed E-state index contributed by atoms with van der Waals surface area (Å²) in [7, 11) is 0. The molecule has 0 spiro atoms. The molecule has 0 bridgehead atoms. The first-order chi connectivity index (χ1) is 9.52. The molecule has 0 aromatic carbocycles. The Morgan fingerprint density at radius 2 is 1.80 bits per heavy atom. The Morgan fingerprint density at radius 1 is 1.15 bits per heavy atom. The average molecular weight is 281 g/mol. The number of carbonyl (C=O) groups excluding carboxylic acids is 1. The van der Waals surface area contributed by atoms with Crippen LogP contribution in [0.1, 0.15) is 71.1 Å². The van der Waals surface area contributed by atoms with E-state index in [2.05, 4.69) is 5.32 Å². The Morgan fingerprint density at radius 3 is 2.35 bits per heavy atom. The van der Waals surface area contributed by atoms with Crippen molar-refractivity contribution in [2.75, 3.05) is 0 Å². The fourth-order valence-corrected chi connectivity index (χ4v) is 3.37. The van der Waals surface area contributed by atoms with Gasteiger partial charge in [0.1, 0.15) is 5.54 Å². The van der Waals surface area contributed by atoms with Crippen LogP contribution in [0.15, 0.2) is 0 Å². The lowest BCUT2D eigenvalue weighted by atomic mass is 9.86. The van der Waals surface area contributed by atoms with Crippen LogP contribution >= 0.6 is 0 Å². The van der Waals surface area contributed by atoms with Gasteiger partial charge in [0.05, 0.1) is 0 Å². The van der Waals surface area contributed by atoms with Crippen LogP contribution in [-0.4, -0.2) is 22.5 Å². The number of rotatable bonds is 7. The second-order valence-electron chi connectivity index (χ2n) is 6.73. The van der Waals surface area contributed by atoms with Crippen LogP contribution in [0.25, 0.3) is 0 Å². The molecule has 2 aliphatic carbocycles. The van der Waals surface area contributed by atoms with Crippen molar-refractivity contribution in [2.45, 2.75) is 76.7 Å². The summed E-state index contributed by atoms with van der Waals surface area (Å²) < 4.78 is 0. The Bertz CT molecular complexity index is 359. The van der Waals surface area contributed by atoms with Gasteiger partial charge in [-0.05, 0) is 44.4 Å². The zero-order valence-electron chi connectivity index (χ0n) is 12.5. The van der Waals surface area contributed by atoms with E-state index in [1.807, 2.05) is 0 Å². The molecule has 0 radical (unpaired) electrons. The normalized spacial score (nSPS) is 23.1. The second kappa shape index (κ2) is 6.59. The Balaban J connectivity index is 1.70. The molecule has 4 heteroatoms. The van der Waals surface area contributed by atoms with Crippen LogP contribution in [0, 0.1) is 11.8 Å². The van der Waals surface area contributed by atoms with E-state index in [9.17, 15) is 14.7 Å². The number of carboxylic acid groups (broad SMARTS) is 1.